The maximum absolute atomic E-state index is 5.51. The van der Waals surface area contributed by atoms with Crippen molar-refractivity contribution in [2.75, 3.05) is 11.9 Å². The largest absolute Gasteiger partial charge is 0.362 e. The van der Waals surface area contributed by atoms with Crippen molar-refractivity contribution >= 4 is 39.1 Å². The number of hydrogen-bond donors (Lipinski definition) is 2. The molecule has 3 rings (SSSR count). The molecule has 0 amide bonds. The molecular weight excluding hydrogens is 394 g/mol. The van der Waals surface area contributed by atoms with E-state index in [2.05, 4.69) is 61.9 Å². The van der Waals surface area contributed by atoms with E-state index in [9.17, 15) is 0 Å². The summed E-state index contributed by atoms with van der Waals surface area (Å²) in [5.41, 5.74) is 2.54. The molecular formula is C20H24BrN3S. The lowest BCUT2D eigenvalue weighted by atomic mass is 9.69. The molecule has 5 heteroatoms. The molecule has 0 aliphatic heterocycles. The molecule has 2 aromatic rings. The Morgan fingerprint density at radius 3 is 2.52 bits per heavy atom. The van der Waals surface area contributed by atoms with Crippen molar-refractivity contribution in [2.45, 2.75) is 44.4 Å². The Bertz CT molecular complexity index is 727. The average Bonchev–Trinajstić information content (AvgIpc) is 2.65. The lowest BCUT2D eigenvalue weighted by molar-refractivity contribution is 0.292. The van der Waals surface area contributed by atoms with Gasteiger partial charge in [0.2, 0.25) is 0 Å². The van der Waals surface area contributed by atoms with Crippen LogP contribution >= 0.6 is 28.1 Å². The molecule has 2 N–H and O–H groups in total. The van der Waals surface area contributed by atoms with Crippen LogP contribution in [0.5, 0.6) is 0 Å². The lowest BCUT2D eigenvalue weighted by Crippen LogP contribution is -2.43. The standard InChI is InChI=1S/C20H24BrN3S/c1-15-17(21)10-11-18(23-15)24-19(25)22-14-20(12-6-3-7-13-20)16-8-4-2-5-9-16/h2,4-5,8-11H,3,6-7,12-14H2,1H3,(H2,22,23,24,25). The summed E-state index contributed by atoms with van der Waals surface area (Å²) >= 11 is 8.98. The van der Waals surface area contributed by atoms with Gasteiger partial charge in [0.1, 0.15) is 5.82 Å². The van der Waals surface area contributed by atoms with Gasteiger partial charge in [-0.25, -0.2) is 4.98 Å². The van der Waals surface area contributed by atoms with E-state index in [-0.39, 0.29) is 5.41 Å². The van der Waals surface area contributed by atoms with Crippen molar-refractivity contribution in [3.8, 4) is 0 Å². The minimum Gasteiger partial charge on any atom is -0.362 e. The summed E-state index contributed by atoms with van der Waals surface area (Å²) in [7, 11) is 0. The van der Waals surface area contributed by atoms with Crippen molar-refractivity contribution in [2.24, 2.45) is 0 Å². The highest BCUT2D eigenvalue weighted by Gasteiger charge is 2.33. The fourth-order valence-electron chi connectivity index (χ4n) is 3.61. The summed E-state index contributed by atoms with van der Waals surface area (Å²) in [6, 6.07) is 14.8. The van der Waals surface area contributed by atoms with Gasteiger partial charge in [-0.05, 0) is 65.6 Å². The fraction of sp³-hybridized carbons (Fsp3) is 0.400. The van der Waals surface area contributed by atoms with Gasteiger partial charge in [0.05, 0.1) is 5.69 Å². The molecule has 1 saturated carbocycles. The maximum Gasteiger partial charge on any atom is 0.171 e. The van der Waals surface area contributed by atoms with Gasteiger partial charge in [0, 0.05) is 16.4 Å². The molecule has 3 nitrogen and oxygen atoms in total. The third kappa shape index (κ3) is 4.59. The topological polar surface area (TPSA) is 37.0 Å². The van der Waals surface area contributed by atoms with Crippen molar-refractivity contribution in [3.63, 3.8) is 0 Å². The molecule has 0 saturated heterocycles. The van der Waals surface area contributed by atoms with Crippen molar-refractivity contribution < 1.29 is 0 Å². The number of thiocarbonyl (C=S) groups is 1. The molecule has 1 aromatic heterocycles. The normalized spacial score (nSPS) is 16.2. The summed E-state index contributed by atoms with van der Waals surface area (Å²) in [6.07, 6.45) is 6.32. The van der Waals surface area contributed by atoms with E-state index in [1.807, 2.05) is 19.1 Å². The van der Waals surface area contributed by atoms with Crippen LogP contribution in [0.4, 0.5) is 5.82 Å². The second-order valence-corrected chi connectivity index (χ2v) is 8.04. The zero-order valence-electron chi connectivity index (χ0n) is 14.5. The predicted octanol–water partition coefficient (Wildman–Crippen LogP) is 5.34. The van der Waals surface area contributed by atoms with Gasteiger partial charge in [-0.15, -0.1) is 0 Å². The third-order valence-corrected chi connectivity index (χ3v) is 6.13. The molecule has 1 fully saturated rings. The second-order valence-electron chi connectivity index (χ2n) is 6.78. The van der Waals surface area contributed by atoms with Gasteiger partial charge in [0.15, 0.2) is 5.11 Å². The van der Waals surface area contributed by atoms with Crippen molar-refractivity contribution in [1.29, 1.82) is 0 Å². The van der Waals surface area contributed by atoms with Crippen LogP contribution < -0.4 is 10.6 Å². The van der Waals surface area contributed by atoms with Gasteiger partial charge in [-0.1, -0.05) is 49.6 Å². The van der Waals surface area contributed by atoms with E-state index in [1.165, 1.54) is 37.7 Å². The Balaban J connectivity index is 1.66. The quantitative estimate of drug-likeness (QED) is 0.658. The minimum atomic E-state index is 0.175. The molecule has 0 unspecified atom stereocenters. The molecule has 1 aliphatic carbocycles. The number of aryl methyl sites for hydroxylation is 1. The van der Waals surface area contributed by atoms with E-state index in [0.29, 0.717) is 5.11 Å². The molecule has 1 heterocycles. The first-order chi connectivity index (χ1) is 12.1. The smallest absolute Gasteiger partial charge is 0.171 e. The van der Waals surface area contributed by atoms with E-state index in [0.717, 1.165) is 22.5 Å². The first kappa shape index (κ1) is 18.3. The fourth-order valence-corrected chi connectivity index (χ4v) is 4.01. The van der Waals surface area contributed by atoms with E-state index in [1.54, 1.807) is 0 Å². The summed E-state index contributed by atoms with van der Waals surface area (Å²) in [6.45, 7) is 2.83. The highest BCUT2D eigenvalue weighted by atomic mass is 79.9. The number of hydrogen-bond acceptors (Lipinski definition) is 2. The first-order valence-electron chi connectivity index (χ1n) is 8.83. The summed E-state index contributed by atoms with van der Waals surface area (Å²) in [4.78, 5) is 4.50. The minimum absolute atomic E-state index is 0.175. The number of nitrogens with one attached hydrogen (secondary N) is 2. The van der Waals surface area contributed by atoms with Gasteiger partial charge < -0.3 is 10.6 Å². The Hall–Kier alpha value is -1.46. The van der Waals surface area contributed by atoms with E-state index in [4.69, 9.17) is 12.2 Å². The van der Waals surface area contributed by atoms with Crippen molar-refractivity contribution in [3.05, 3.63) is 58.2 Å². The first-order valence-corrected chi connectivity index (χ1v) is 10.0. The molecule has 0 spiro atoms. The van der Waals surface area contributed by atoms with Crippen molar-refractivity contribution in [1.82, 2.24) is 10.3 Å². The Morgan fingerprint density at radius 1 is 1.12 bits per heavy atom. The number of halogens is 1. The number of anilines is 1. The maximum atomic E-state index is 5.51. The molecule has 132 valence electrons. The number of pyridine rings is 1. The zero-order chi connectivity index (χ0) is 17.7. The zero-order valence-corrected chi connectivity index (χ0v) is 16.9. The Morgan fingerprint density at radius 2 is 1.84 bits per heavy atom. The van der Waals surface area contributed by atoms with Crippen LogP contribution in [0.15, 0.2) is 46.9 Å². The number of nitrogens with zero attached hydrogens (tertiary/aromatic N) is 1. The van der Waals surface area contributed by atoms with Crippen LogP contribution in [-0.4, -0.2) is 16.6 Å². The average molecular weight is 418 g/mol. The summed E-state index contributed by atoms with van der Waals surface area (Å²) in [5.74, 6) is 0.774. The number of benzene rings is 1. The van der Waals surface area contributed by atoms with E-state index >= 15 is 0 Å². The van der Waals surface area contributed by atoms with Crippen LogP contribution in [0, 0.1) is 6.92 Å². The van der Waals surface area contributed by atoms with Crippen LogP contribution in [-0.2, 0) is 5.41 Å². The summed E-state index contributed by atoms with van der Waals surface area (Å²) < 4.78 is 1.00. The van der Waals surface area contributed by atoms with Gasteiger partial charge in [-0.3, -0.25) is 0 Å². The third-order valence-electron chi connectivity index (χ3n) is 5.05. The molecule has 1 aromatic carbocycles. The van der Waals surface area contributed by atoms with Crippen LogP contribution in [0.2, 0.25) is 0 Å². The van der Waals surface area contributed by atoms with Crippen LogP contribution in [0.3, 0.4) is 0 Å². The number of aromatic nitrogens is 1. The molecule has 0 bridgehead atoms. The molecule has 0 atom stereocenters. The Kier molecular flexibility index (Phi) is 6.07. The van der Waals surface area contributed by atoms with Crippen LogP contribution in [0.25, 0.3) is 0 Å². The monoisotopic (exact) mass is 417 g/mol. The SMILES string of the molecule is Cc1nc(NC(=S)NCC2(c3ccccc3)CCCCC2)ccc1Br. The van der Waals surface area contributed by atoms with E-state index < -0.39 is 0 Å². The molecule has 0 radical (unpaired) electrons. The Labute approximate surface area is 163 Å². The number of rotatable bonds is 4. The van der Waals surface area contributed by atoms with Gasteiger partial charge >= 0.3 is 0 Å². The highest BCUT2D eigenvalue weighted by molar-refractivity contribution is 9.10. The lowest BCUT2D eigenvalue weighted by Gasteiger charge is -2.38. The van der Waals surface area contributed by atoms with Gasteiger partial charge in [-0.2, -0.15) is 0 Å². The van der Waals surface area contributed by atoms with Crippen LogP contribution in [0.1, 0.15) is 43.4 Å². The molecule has 1 aliphatic rings. The predicted molar refractivity (Wildman–Crippen MR) is 112 cm³/mol. The summed E-state index contributed by atoms with van der Waals surface area (Å²) in [5, 5.41) is 7.28. The second kappa shape index (κ2) is 8.28. The van der Waals surface area contributed by atoms with Gasteiger partial charge in [0.25, 0.3) is 0 Å². The highest BCUT2D eigenvalue weighted by Crippen LogP contribution is 2.38. The molecule has 25 heavy (non-hydrogen) atoms.